The predicted octanol–water partition coefficient (Wildman–Crippen LogP) is 4.20. The molecule has 3 aromatic rings. The van der Waals surface area contributed by atoms with Gasteiger partial charge in [0.1, 0.15) is 24.2 Å². The van der Waals surface area contributed by atoms with Gasteiger partial charge in [-0.15, -0.1) is 11.3 Å². The molecule has 1 aromatic heterocycles. The molecule has 0 aliphatic rings. The number of ether oxygens (including phenoxy) is 2. The van der Waals surface area contributed by atoms with Crippen molar-refractivity contribution in [2.75, 3.05) is 20.3 Å². The summed E-state index contributed by atoms with van der Waals surface area (Å²) in [5.41, 5.74) is 1.23. The number of methoxy groups -OCH3 is 1. The van der Waals surface area contributed by atoms with Crippen molar-refractivity contribution in [2.24, 2.45) is 0 Å². The Morgan fingerprint density at radius 1 is 0.926 bits per heavy atom. The number of thiophene rings is 1. The Morgan fingerprint density at radius 2 is 1.67 bits per heavy atom. The monoisotopic (exact) mass is 383 g/mol. The van der Waals surface area contributed by atoms with Crippen LogP contribution in [-0.4, -0.2) is 36.4 Å². The third-order valence-electron chi connectivity index (χ3n) is 4.18. The zero-order valence-electron chi connectivity index (χ0n) is 15.5. The highest BCUT2D eigenvalue weighted by molar-refractivity contribution is 7.09. The Kier molecular flexibility index (Phi) is 7.27. The van der Waals surface area contributed by atoms with Gasteiger partial charge in [0.15, 0.2) is 0 Å². The van der Waals surface area contributed by atoms with Gasteiger partial charge in [-0.1, -0.05) is 36.4 Å². The van der Waals surface area contributed by atoms with E-state index in [4.69, 9.17) is 9.47 Å². The van der Waals surface area contributed by atoms with Crippen molar-refractivity contribution in [2.45, 2.75) is 19.2 Å². The van der Waals surface area contributed by atoms with E-state index in [1.165, 1.54) is 10.4 Å². The van der Waals surface area contributed by atoms with Crippen LogP contribution in [0.2, 0.25) is 0 Å². The predicted molar refractivity (Wildman–Crippen MR) is 109 cm³/mol. The maximum absolute atomic E-state index is 10.5. The molecule has 0 saturated carbocycles. The fourth-order valence-electron chi connectivity index (χ4n) is 2.86. The zero-order valence-corrected chi connectivity index (χ0v) is 16.3. The van der Waals surface area contributed by atoms with E-state index in [0.29, 0.717) is 6.54 Å². The molecule has 0 saturated heterocycles. The van der Waals surface area contributed by atoms with Crippen molar-refractivity contribution in [3.8, 4) is 11.5 Å². The molecule has 27 heavy (non-hydrogen) atoms. The number of aliphatic hydroxyl groups excluding tert-OH is 1. The van der Waals surface area contributed by atoms with Gasteiger partial charge in [-0.2, -0.15) is 0 Å². The number of benzene rings is 2. The third kappa shape index (κ3) is 6.40. The van der Waals surface area contributed by atoms with Crippen molar-refractivity contribution in [3.05, 3.63) is 82.6 Å². The SMILES string of the molecule is COc1ccc(OC[C@H](O)CN(Cc2ccccc2)Cc2cccs2)cc1. The molecule has 0 unspecified atom stereocenters. The van der Waals surface area contributed by atoms with Crippen LogP contribution in [0.15, 0.2) is 72.1 Å². The van der Waals surface area contributed by atoms with Gasteiger partial charge in [0.05, 0.1) is 7.11 Å². The minimum atomic E-state index is -0.573. The number of hydrogen-bond donors (Lipinski definition) is 1. The molecule has 0 radical (unpaired) electrons. The number of aliphatic hydroxyl groups is 1. The van der Waals surface area contributed by atoms with Gasteiger partial charge < -0.3 is 14.6 Å². The molecule has 4 nitrogen and oxygen atoms in total. The van der Waals surface area contributed by atoms with Crippen LogP contribution >= 0.6 is 11.3 Å². The highest BCUT2D eigenvalue weighted by Gasteiger charge is 2.14. The summed E-state index contributed by atoms with van der Waals surface area (Å²) in [5, 5.41) is 12.6. The molecule has 0 amide bonds. The molecule has 1 atom stereocenters. The summed E-state index contributed by atoms with van der Waals surface area (Å²) in [7, 11) is 1.63. The smallest absolute Gasteiger partial charge is 0.119 e. The molecule has 2 aromatic carbocycles. The normalized spacial score (nSPS) is 12.1. The summed E-state index contributed by atoms with van der Waals surface area (Å²) in [4.78, 5) is 3.54. The lowest BCUT2D eigenvalue weighted by molar-refractivity contribution is 0.0632. The average molecular weight is 384 g/mol. The van der Waals surface area contributed by atoms with Crippen molar-refractivity contribution in [1.82, 2.24) is 4.90 Å². The Balaban J connectivity index is 1.56. The first-order valence-electron chi connectivity index (χ1n) is 8.96. The summed E-state index contributed by atoms with van der Waals surface area (Å²) < 4.78 is 10.9. The van der Waals surface area contributed by atoms with Crippen LogP contribution in [0, 0.1) is 0 Å². The van der Waals surface area contributed by atoms with Gasteiger partial charge in [0.25, 0.3) is 0 Å². The summed E-state index contributed by atoms with van der Waals surface area (Å²) >= 11 is 1.74. The minimum absolute atomic E-state index is 0.252. The van der Waals surface area contributed by atoms with Crippen LogP contribution in [0.3, 0.4) is 0 Å². The molecule has 1 N–H and O–H groups in total. The Morgan fingerprint density at radius 3 is 2.33 bits per heavy atom. The topological polar surface area (TPSA) is 41.9 Å². The highest BCUT2D eigenvalue weighted by Crippen LogP contribution is 2.18. The van der Waals surface area contributed by atoms with E-state index in [2.05, 4.69) is 34.5 Å². The van der Waals surface area contributed by atoms with E-state index < -0.39 is 6.10 Å². The van der Waals surface area contributed by atoms with E-state index in [-0.39, 0.29) is 6.61 Å². The van der Waals surface area contributed by atoms with Crippen LogP contribution in [0.1, 0.15) is 10.4 Å². The zero-order chi connectivity index (χ0) is 18.9. The second kappa shape index (κ2) is 10.1. The average Bonchev–Trinajstić information content (AvgIpc) is 3.20. The van der Waals surface area contributed by atoms with Crippen molar-refractivity contribution >= 4 is 11.3 Å². The first-order valence-corrected chi connectivity index (χ1v) is 9.84. The quantitative estimate of drug-likeness (QED) is 0.570. The first-order chi connectivity index (χ1) is 13.2. The molecule has 5 heteroatoms. The van der Waals surface area contributed by atoms with E-state index in [9.17, 15) is 5.11 Å². The molecule has 0 aliphatic carbocycles. The lowest BCUT2D eigenvalue weighted by Crippen LogP contribution is -2.34. The number of nitrogens with zero attached hydrogens (tertiary/aromatic N) is 1. The third-order valence-corrected chi connectivity index (χ3v) is 5.04. The molecule has 0 spiro atoms. The molecular formula is C22H25NO3S. The van der Waals surface area contributed by atoms with Crippen LogP contribution in [0.25, 0.3) is 0 Å². The molecule has 142 valence electrons. The lowest BCUT2D eigenvalue weighted by Gasteiger charge is -2.25. The Bertz CT molecular complexity index is 775. The van der Waals surface area contributed by atoms with E-state index in [0.717, 1.165) is 24.6 Å². The van der Waals surface area contributed by atoms with Gasteiger partial charge in [-0.05, 0) is 41.3 Å². The second-order valence-electron chi connectivity index (χ2n) is 6.37. The molecule has 1 heterocycles. The van der Waals surface area contributed by atoms with Crippen molar-refractivity contribution < 1.29 is 14.6 Å². The lowest BCUT2D eigenvalue weighted by atomic mass is 10.2. The molecule has 3 rings (SSSR count). The van der Waals surface area contributed by atoms with Crippen LogP contribution in [0.5, 0.6) is 11.5 Å². The fourth-order valence-corrected chi connectivity index (χ4v) is 3.61. The molecule has 0 fully saturated rings. The summed E-state index contributed by atoms with van der Waals surface area (Å²) in [5.74, 6) is 1.51. The van der Waals surface area contributed by atoms with E-state index >= 15 is 0 Å². The van der Waals surface area contributed by atoms with Crippen molar-refractivity contribution in [1.29, 1.82) is 0 Å². The van der Waals surface area contributed by atoms with Crippen LogP contribution in [-0.2, 0) is 13.1 Å². The van der Waals surface area contributed by atoms with Gasteiger partial charge in [-0.3, -0.25) is 4.90 Å². The Hall–Kier alpha value is -2.34. The number of hydrogen-bond acceptors (Lipinski definition) is 5. The van der Waals surface area contributed by atoms with Gasteiger partial charge in [0.2, 0.25) is 0 Å². The maximum Gasteiger partial charge on any atom is 0.119 e. The summed E-state index contributed by atoms with van der Waals surface area (Å²) in [6.45, 7) is 2.40. The van der Waals surface area contributed by atoms with Crippen LogP contribution < -0.4 is 9.47 Å². The second-order valence-corrected chi connectivity index (χ2v) is 7.41. The minimum Gasteiger partial charge on any atom is -0.497 e. The van der Waals surface area contributed by atoms with Gasteiger partial charge in [0, 0.05) is 24.5 Å². The summed E-state index contributed by atoms with van der Waals surface area (Å²) in [6, 6.07) is 21.9. The number of rotatable bonds is 10. The maximum atomic E-state index is 10.5. The van der Waals surface area contributed by atoms with E-state index in [1.54, 1.807) is 18.4 Å². The van der Waals surface area contributed by atoms with E-state index in [1.807, 2.05) is 42.5 Å². The largest absolute Gasteiger partial charge is 0.497 e. The van der Waals surface area contributed by atoms with Gasteiger partial charge in [-0.25, -0.2) is 0 Å². The van der Waals surface area contributed by atoms with Crippen molar-refractivity contribution in [3.63, 3.8) is 0 Å². The molecule has 0 aliphatic heterocycles. The standard InChI is InChI=1S/C22H25NO3S/c1-25-20-9-11-21(12-10-20)26-17-19(24)15-23(16-22-8-5-13-27-22)14-18-6-3-2-4-7-18/h2-13,19,24H,14-17H2,1H3/t19-/m1/s1. The Labute approximate surface area is 164 Å². The highest BCUT2D eigenvalue weighted by atomic mass is 32.1. The first kappa shape index (κ1) is 19.4. The van der Waals surface area contributed by atoms with Crippen LogP contribution in [0.4, 0.5) is 0 Å². The summed E-state index contributed by atoms with van der Waals surface area (Å²) in [6.07, 6.45) is -0.573. The molecular weight excluding hydrogens is 358 g/mol. The molecule has 0 bridgehead atoms. The van der Waals surface area contributed by atoms with Gasteiger partial charge >= 0.3 is 0 Å². The fraction of sp³-hybridized carbons (Fsp3) is 0.273.